The van der Waals surface area contributed by atoms with Crippen molar-refractivity contribution in [1.82, 2.24) is 10.3 Å². The van der Waals surface area contributed by atoms with Crippen LogP contribution in [0.15, 0.2) is 24.4 Å². The highest BCUT2D eigenvalue weighted by molar-refractivity contribution is 5.87. The van der Waals surface area contributed by atoms with Crippen LogP contribution in [0.2, 0.25) is 0 Å². The summed E-state index contributed by atoms with van der Waals surface area (Å²) in [5.41, 5.74) is 8.89. The molecule has 5 heteroatoms. The zero-order valence-electron chi connectivity index (χ0n) is 13.5. The largest absolute Gasteiger partial charge is 0.361 e. The number of amides is 1. The van der Waals surface area contributed by atoms with Crippen molar-refractivity contribution in [3.8, 4) is 0 Å². The number of nitrogens with two attached hydrogens (primary N) is 1. The smallest absolute Gasteiger partial charge is 0.239 e. The molecule has 0 fully saturated rings. The number of para-hydroxylation sites is 1. The van der Waals surface area contributed by atoms with Crippen LogP contribution >= 0.6 is 12.4 Å². The molecule has 2 rings (SSSR count). The Kier molecular flexibility index (Phi) is 6.45. The van der Waals surface area contributed by atoms with Gasteiger partial charge in [-0.1, -0.05) is 31.5 Å². The predicted octanol–water partition coefficient (Wildman–Crippen LogP) is 3.07. The molecule has 1 unspecified atom stereocenters. The van der Waals surface area contributed by atoms with Crippen molar-refractivity contribution < 1.29 is 4.79 Å². The summed E-state index contributed by atoms with van der Waals surface area (Å²) in [4.78, 5) is 15.4. The van der Waals surface area contributed by atoms with E-state index in [0.717, 1.165) is 12.8 Å². The SMILES string of the molecule is CCCC(C)(N)C(=O)NCCc1c[nH]c2c(C)cccc12.Cl. The van der Waals surface area contributed by atoms with Gasteiger partial charge in [0.2, 0.25) is 5.91 Å². The van der Waals surface area contributed by atoms with E-state index in [1.165, 1.54) is 22.0 Å². The number of hydrogen-bond acceptors (Lipinski definition) is 2. The van der Waals surface area contributed by atoms with Gasteiger partial charge in [0.25, 0.3) is 0 Å². The van der Waals surface area contributed by atoms with Crippen LogP contribution in [0.3, 0.4) is 0 Å². The van der Waals surface area contributed by atoms with Crippen molar-refractivity contribution in [1.29, 1.82) is 0 Å². The average molecular weight is 324 g/mol. The Morgan fingerprint density at radius 1 is 1.41 bits per heavy atom. The number of rotatable bonds is 6. The normalized spacial score (nSPS) is 13.5. The molecule has 4 N–H and O–H groups in total. The second-order valence-electron chi connectivity index (χ2n) is 5.98. The Hall–Kier alpha value is -1.52. The van der Waals surface area contributed by atoms with Crippen LogP contribution < -0.4 is 11.1 Å². The van der Waals surface area contributed by atoms with E-state index in [1.807, 2.05) is 13.1 Å². The molecule has 1 amide bonds. The summed E-state index contributed by atoms with van der Waals surface area (Å²) in [7, 11) is 0. The van der Waals surface area contributed by atoms with Gasteiger partial charge in [0.15, 0.2) is 0 Å². The lowest BCUT2D eigenvalue weighted by Crippen LogP contribution is -2.51. The number of aromatic amines is 1. The number of benzene rings is 1. The van der Waals surface area contributed by atoms with Gasteiger partial charge in [0.1, 0.15) is 0 Å². The zero-order valence-corrected chi connectivity index (χ0v) is 14.3. The van der Waals surface area contributed by atoms with E-state index >= 15 is 0 Å². The maximum Gasteiger partial charge on any atom is 0.239 e. The monoisotopic (exact) mass is 323 g/mol. The van der Waals surface area contributed by atoms with Gasteiger partial charge in [-0.3, -0.25) is 4.79 Å². The van der Waals surface area contributed by atoms with E-state index < -0.39 is 5.54 Å². The Bertz CT molecular complexity index is 634. The van der Waals surface area contributed by atoms with Crippen molar-refractivity contribution in [2.45, 2.75) is 45.6 Å². The van der Waals surface area contributed by atoms with E-state index in [9.17, 15) is 4.79 Å². The molecule has 1 atom stereocenters. The fourth-order valence-electron chi connectivity index (χ4n) is 2.72. The van der Waals surface area contributed by atoms with Crippen LogP contribution in [0.25, 0.3) is 10.9 Å². The molecule has 4 nitrogen and oxygen atoms in total. The number of fused-ring (bicyclic) bond motifs is 1. The number of halogens is 1. The van der Waals surface area contributed by atoms with Gasteiger partial charge in [-0.15, -0.1) is 12.4 Å². The molecule has 0 saturated carbocycles. The number of aryl methyl sites for hydroxylation is 1. The highest BCUT2D eigenvalue weighted by atomic mass is 35.5. The van der Waals surface area contributed by atoms with Crippen molar-refractivity contribution >= 4 is 29.2 Å². The molecule has 1 aromatic carbocycles. The molecule has 0 aliphatic carbocycles. The first-order valence-corrected chi connectivity index (χ1v) is 7.58. The van der Waals surface area contributed by atoms with E-state index in [0.29, 0.717) is 13.0 Å². The molecule has 0 bridgehead atoms. The van der Waals surface area contributed by atoms with Gasteiger partial charge in [-0.25, -0.2) is 0 Å². The van der Waals surface area contributed by atoms with E-state index in [1.54, 1.807) is 6.92 Å². The summed E-state index contributed by atoms with van der Waals surface area (Å²) in [5.74, 6) is -0.0691. The minimum atomic E-state index is -0.772. The minimum Gasteiger partial charge on any atom is -0.361 e. The van der Waals surface area contributed by atoms with Crippen molar-refractivity contribution in [2.24, 2.45) is 5.73 Å². The van der Waals surface area contributed by atoms with E-state index in [-0.39, 0.29) is 18.3 Å². The van der Waals surface area contributed by atoms with Gasteiger partial charge in [-0.2, -0.15) is 0 Å². The maximum absolute atomic E-state index is 12.1. The summed E-state index contributed by atoms with van der Waals surface area (Å²) < 4.78 is 0. The number of H-pyrrole nitrogens is 1. The predicted molar refractivity (Wildman–Crippen MR) is 94.5 cm³/mol. The fourth-order valence-corrected chi connectivity index (χ4v) is 2.72. The number of aromatic nitrogens is 1. The van der Waals surface area contributed by atoms with Gasteiger partial charge >= 0.3 is 0 Å². The third-order valence-electron chi connectivity index (χ3n) is 3.98. The summed E-state index contributed by atoms with van der Waals surface area (Å²) in [6, 6.07) is 6.26. The lowest BCUT2D eigenvalue weighted by Gasteiger charge is -2.22. The molecule has 0 saturated heterocycles. The van der Waals surface area contributed by atoms with Crippen LogP contribution in [0.5, 0.6) is 0 Å². The van der Waals surface area contributed by atoms with Gasteiger partial charge in [0, 0.05) is 23.6 Å². The summed E-state index contributed by atoms with van der Waals surface area (Å²) in [6.45, 7) is 6.53. The Morgan fingerprint density at radius 3 is 2.82 bits per heavy atom. The van der Waals surface area contributed by atoms with Crippen LogP contribution in [0.1, 0.15) is 37.8 Å². The van der Waals surface area contributed by atoms with Crippen molar-refractivity contribution in [3.05, 3.63) is 35.5 Å². The fraction of sp³-hybridized carbons (Fsp3) is 0.471. The third kappa shape index (κ3) is 4.02. The Balaban J connectivity index is 0.00000242. The number of carbonyl (C=O) groups is 1. The van der Waals surface area contributed by atoms with E-state index in [2.05, 4.69) is 35.4 Å². The van der Waals surface area contributed by atoms with E-state index in [4.69, 9.17) is 5.73 Å². The molecule has 2 aromatic rings. The molecule has 0 aliphatic heterocycles. The second-order valence-corrected chi connectivity index (χ2v) is 5.98. The number of nitrogens with one attached hydrogen (secondary N) is 2. The lowest BCUT2D eigenvalue weighted by atomic mass is 9.96. The molecule has 1 aromatic heterocycles. The molecule has 0 radical (unpaired) electrons. The highest BCUT2D eigenvalue weighted by Gasteiger charge is 2.26. The first-order chi connectivity index (χ1) is 9.95. The maximum atomic E-state index is 12.1. The molecule has 122 valence electrons. The Morgan fingerprint density at radius 2 is 2.14 bits per heavy atom. The average Bonchev–Trinajstić information content (AvgIpc) is 2.83. The minimum absolute atomic E-state index is 0. The molecule has 0 spiro atoms. The van der Waals surface area contributed by atoms with Crippen LogP contribution in [0, 0.1) is 6.92 Å². The lowest BCUT2D eigenvalue weighted by molar-refractivity contribution is -0.126. The first-order valence-electron chi connectivity index (χ1n) is 7.58. The number of hydrogen-bond donors (Lipinski definition) is 3. The topological polar surface area (TPSA) is 70.9 Å². The van der Waals surface area contributed by atoms with Gasteiger partial charge in [-0.05, 0) is 37.8 Å². The quantitative estimate of drug-likeness (QED) is 0.764. The summed E-state index contributed by atoms with van der Waals surface area (Å²) in [5, 5.41) is 4.18. The van der Waals surface area contributed by atoms with Crippen molar-refractivity contribution in [2.75, 3.05) is 6.54 Å². The summed E-state index contributed by atoms with van der Waals surface area (Å²) in [6.07, 6.45) is 4.43. The highest BCUT2D eigenvalue weighted by Crippen LogP contribution is 2.21. The van der Waals surface area contributed by atoms with Gasteiger partial charge < -0.3 is 16.0 Å². The Labute approximate surface area is 138 Å². The molecule has 0 aliphatic rings. The first kappa shape index (κ1) is 18.5. The van der Waals surface area contributed by atoms with Crippen molar-refractivity contribution in [3.63, 3.8) is 0 Å². The zero-order chi connectivity index (χ0) is 15.5. The van der Waals surface area contributed by atoms with Crippen LogP contribution in [-0.2, 0) is 11.2 Å². The molecular formula is C17H26ClN3O. The summed E-state index contributed by atoms with van der Waals surface area (Å²) >= 11 is 0. The standard InChI is InChI=1S/C17H25N3O.ClH/c1-4-9-17(3,18)16(21)19-10-8-13-11-20-15-12(2)6-5-7-14(13)15;/h5-7,11,20H,4,8-10,18H2,1-3H3,(H,19,21);1H. The third-order valence-corrected chi connectivity index (χ3v) is 3.98. The van der Waals surface area contributed by atoms with Gasteiger partial charge in [0.05, 0.1) is 5.54 Å². The molecule has 1 heterocycles. The van der Waals surface area contributed by atoms with Crippen LogP contribution in [0.4, 0.5) is 0 Å². The second kappa shape index (κ2) is 7.65. The number of carbonyl (C=O) groups excluding carboxylic acids is 1. The molecular weight excluding hydrogens is 298 g/mol. The molecule has 22 heavy (non-hydrogen) atoms. The van der Waals surface area contributed by atoms with Crippen LogP contribution in [-0.4, -0.2) is 23.0 Å².